The molecule has 0 aliphatic carbocycles. The Hall–Kier alpha value is -3.31. The number of pyridine rings is 1. The number of rotatable bonds is 1. The molecule has 4 aromatic rings. The van der Waals surface area contributed by atoms with Gasteiger partial charge < -0.3 is 4.98 Å². The number of aryl methyl sites for hydroxylation is 2. The maximum absolute atomic E-state index is 12.0. The van der Waals surface area contributed by atoms with Gasteiger partial charge in [-0.3, -0.25) is 4.79 Å². The lowest BCUT2D eigenvalue weighted by Gasteiger charge is -2.08. The van der Waals surface area contributed by atoms with Crippen LogP contribution in [0.4, 0.5) is 0 Å². The number of nitrogens with one attached hydrogen (secondary N) is 1. The molecule has 0 saturated heterocycles. The van der Waals surface area contributed by atoms with E-state index in [1.165, 1.54) is 4.52 Å². The number of benzene rings is 1. The number of hydrogen-bond donors (Lipinski definition) is 1. The number of aromatic amines is 1. The number of nitriles is 1. The van der Waals surface area contributed by atoms with E-state index in [1.807, 2.05) is 37.3 Å². The highest BCUT2D eigenvalue weighted by atomic mass is 32.1. The molecule has 0 aliphatic rings. The van der Waals surface area contributed by atoms with Crippen molar-refractivity contribution in [1.29, 1.82) is 5.26 Å². The minimum atomic E-state index is -0.354. The summed E-state index contributed by atoms with van der Waals surface area (Å²) in [4.78, 5) is 14.7. The van der Waals surface area contributed by atoms with Gasteiger partial charge in [0.1, 0.15) is 22.0 Å². The molecule has 1 aromatic carbocycles. The van der Waals surface area contributed by atoms with Gasteiger partial charge in [-0.15, -0.1) is 0 Å². The maximum atomic E-state index is 12.0. The van der Waals surface area contributed by atoms with E-state index in [-0.39, 0.29) is 22.5 Å². The van der Waals surface area contributed by atoms with Crippen LogP contribution in [0.25, 0.3) is 22.2 Å². The van der Waals surface area contributed by atoms with Crippen molar-refractivity contribution in [2.75, 3.05) is 0 Å². The number of H-pyrrole nitrogens is 1. The van der Waals surface area contributed by atoms with Crippen LogP contribution in [0.2, 0.25) is 0 Å². The summed E-state index contributed by atoms with van der Waals surface area (Å²) in [7, 11) is 0. The summed E-state index contributed by atoms with van der Waals surface area (Å²) in [6, 6.07) is 11.6. The third kappa shape index (κ3) is 2.10. The third-order valence-corrected chi connectivity index (χ3v) is 4.45. The van der Waals surface area contributed by atoms with Gasteiger partial charge in [-0.2, -0.15) is 15.5 Å². The second kappa shape index (κ2) is 5.36. The van der Waals surface area contributed by atoms with Crippen molar-refractivity contribution in [2.24, 2.45) is 0 Å². The van der Waals surface area contributed by atoms with E-state index >= 15 is 0 Å². The zero-order valence-corrected chi connectivity index (χ0v) is 14.3. The lowest BCUT2D eigenvalue weighted by molar-refractivity contribution is 0.838. The number of hydrogen-bond acceptors (Lipinski definition) is 5. The molecule has 0 bridgehead atoms. The van der Waals surface area contributed by atoms with E-state index in [2.05, 4.69) is 21.3 Å². The average Bonchev–Trinajstić information content (AvgIpc) is 2.96. The van der Waals surface area contributed by atoms with Crippen molar-refractivity contribution in [3.05, 3.63) is 62.3 Å². The van der Waals surface area contributed by atoms with Gasteiger partial charge in [0.25, 0.3) is 5.56 Å². The van der Waals surface area contributed by atoms with Crippen LogP contribution in [0.1, 0.15) is 17.0 Å². The molecule has 122 valence electrons. The molecule has 25 heavy (non-hydrogen) atoms. The standard InChI is InChI=1S/C17H12N6OS/c1-9-13-14(22(20-9)11-6-4-3-5-7-11)12(8-18)15-19-16(24)10(2)21-23(15)17(13)25/h3-7H,1-2H3,(H,19,24). The van der Waals surface area contributed by atoms with Gasteiger partial charge in [-0.25, -0.2) is 9.20 Å². The van der Waals surface area contributed by atoms with E-state index < -0.39 is 0 Å². The molecular formula is C17H12N6OS. The molecule has 0 fully saturated rings. The first kappa shape index (κ1) is 15.2. The summed E-state index contributed by atoms with van der Waals surface area (Å²) in [6.45, 7) is 3.43. The smallest absolute Gasteiger partial charge is 0.272 e. The lowest BCUT2D eigenvalue weighted by Crippen LogP contribution is -2.18. The second-order valence-corrected chi connectivity index (χ2v) is 6.03. The Morgan fingerprint density at radius 3 is 2.56 bits per heavy atom. The topological polar surface area (TPSA) is 91.8 Å². The molecule has 0 spiro atoms. The third-order valence-electron chi connectivity index (χ3n) is 4.08. The van der Waals surface area contributed by atoms with E-state index in [4.69, 9.17) is 12.2 Å². The molecule has 0 atom stereocenters. The second-order valence-electron chi connectivity index (χ2n) is 5.65. The molecule has 0 amide bonds. The molecule has 0 saturated carbocycles. The predicted octanol–water partition coefficient (Wildman–Crippen LogP) is 2.58. The minimum Gasteiger partial charge on any atom is -0.304 e. The minimum absolute atomic E-state index is 0.271. The number of nitrogens with zero attached hydrogens (tertiary/aromatic N) is 5. The fraction of sp³-hybridized carbons (Fsp3) is 0.118. The van der Waals surface area contributed by atoms with Crippen LogP contribution in [0.5, 0.6) is 0 Å². The predicted molar refractivity (Wildman–Crippen MR) is 95.5 cm³/mol. The van der Waals surface area contributed by atoms with Gasteiger partial charge >= 0.3 is 0 Å². The van der Waals surface area contributed by atoms with Gasteiger partial charge in [0.05, 0.1) is 22.3 Å². The summed E-state index contributed by atoms with van der Waals surface area (Å²) in [5.41, 5.74) is 2.54. The first-order chi connectivity index (χ1) is 12.0. The molecular weight excluding hydrogens is 336 g/mol. The Labute approximate surface area is 146 Å². The number of fused-ring (bicyclic) bond motifs is 2. The first-order valence-electron chi connectivity index (χ1n) is 7.53. The fourth-order valence-electron chi connectivity index (χ4n) is 2.91. The van der Waals surface area contributed by atoms with Crippen LogP contribution in [0.15, 0.2) is 35.1 Å². The summed E-state index contributed by atoms with van der Waals surface area (Å²) < 4.78 is 3.51. The SMILES string of the molecule is Cc1nn2c(=S)c3c(C)nn(-c4ccccc4)c3c(C#N)c2[nH]c1=O. The van der Waals surface area contributed by atoms with Crippen molar-refractivity contribution < 1.29 is 0 Å². The molecule has 3 aromatic heterocycles. The van der Waals surface area contributed by atoms with Crippen molar-refractivity contribution in [3.8, 4) is 11.8 Å². The maximum Gasteiger partial charge on any atom is 0.272 e. The number of para-hydroxylation sites is 1. The highest BCUT2D eigenvalue weighted by Gasteiger charge is 2.20. The monoisotopic (exact) mass is 348 g/mol. The Bertz CT molecular complexity index is 1310. The van der Waals surface area contributed by atoms with E-state index in [0.717, 1.165) is 5.69 Å². The van der Waals surface area contributed by atoms with Gasteiger partial charge in [-0.1, -0.05) is 30.4 Å². The Balaban J connectivity index is 2.31. The molecule has 3 heterocycles. The summed E-state index contributed by atoms with van der Waals surface area (Å²) >= 11 is 5.57. The van der Waals surface area contributed by atoms with Crippen LogP contribution < -0.4 is 5.56 Å². The van der Waals surface area contributed by atoms with Gasteiger partial charge in [0, 0.05) is 0 Å². The molecule has 0 unspecified atom stereocenters. The molecule has 7 nitrogen and oxygen atoms in total. The van der Waals surface area contributed by atoms with Crippen LogP contribution in [0.3, 0.4) is 0 Å². The summed E-state index contributed by atoms with van der Waals surface area (Å²) in [6.07, 6.45) is 0. The Kier molecular flexibility index (Phi) is 3.26. The fourth-order valence-corrected chi connectivity index (χ4v) is 3.28. The van der Waals surface area contributed by atoms with Crippen LogP contribution in [-0.4, -0.2) is 24.4 Å². The Morgan fingerprint density at radius 1 is 1.16 bits per heavy atom. The summed E-state index contributed by atoms with van der Waals surface area (Å²) in [5, 5.41) is 19.3. The summed E-state index contributed by atoms with van der Waals surface area (Å²) in [5.74, 6) is 0. The zero-order chi connectivity index (χ0) is 17.7. The van der Waals surface area contributed by atoms with Crippen molar-refractivity contribution >= 4 is 28.8 Å². The highest BCUT2D eigenvalue weighted by molar-refractivity contribution is 7.71. The molecule has 1 N–H and O–H groups in total. The molecule has 4 rings (SSSR count). The molecule has 0 aliphatic heterocycles. The van der Waals surface area contributed by atoms with Gasteiger partial charge in [0.15, 0.2) is 5.65 Å². The number of aromatic nitrogens is 5. The quantitative estimate of drug-likeness (QED) is 0.534. The molecule has 8 heteroatoms. The zero-order valence-electron chi connectivity index (χ0n) is 13.4. The van der Waals surface area contributed by atoms with E-state index in [9.17, 15) is 10.1 Å². The van der Waals surface area contributed by atoms with Crippen molar-refractivity contribution in [3.63, 3.8) is 0 Å². The highest BCUT2D eigenvalue weighted by Crippen LogP contribution is 2.27. The normalized spacial score (nSPS) is 11.1. The largest absolute Gasteiger partial charge is 0.304 e. The van der Waals surface area contributed by atoms with E-state index in [1.54, 1.807) is 11.6 Å². The van der Waals surface area contributed by atoms with Crippen LogP contribution >= 0.6 is 12.2 Å². The Morgan fingerprint density at radius 2 is 1.88 bits per heavy atom. The van der Waals surface area contributed by atoms with Gasteiger partial charge in [-0.05, 0) is 26.0 Å². The van der Waals surface area contributed by atoms with Crippen molar-refractivity contribution in [1.82, 2.24) is 24.4 Å². The van der Waals surface area contributed by atoms with Crippen LogP contribution in [-0.2, 0) is 0 Å². The lowest BCUT2D eigenvalue weighted by atomic mass is 10.2. The first-order valence-corrected chi connectivity index (χ1v) is 7.94. The van der Waals surface area contributed by atoms with Crippen LogP contribution in [0, 0.1) is 29.8 Å². The average molecular weight is 348 g/mol. The van der Waals surface area contributed by atoms with Crippen molar-refractivity contribution in [2.45, 2.75) is 13.8 Å². The molecule has 0 radical (unpaired) electrons. The van der Waals surface area contributed by atoms with E-state index in [0.29, 0.717) is 21.2 Å². The van der Waals surface area contributed by atoms with Gasteiger partial charge in [0.2, 0.25) is 0 Å².